The summed E-state index contributed by atoms with van der Waals surface area (Å²) >= 11 is 0. The average molecular weight is 505 g/mol. The third-order valence-corrected chi connectivity index (χ3v) is 2.79. The third kappa shape index (κ3) is 8.09. The van der Waals surface area contributed by atoms with E-state index < -0.39 is 0 Å². The zero-order valence-electron chi connectivity index (χ0n) is 12.6. The van der Waals surface area contributed by atoms with Gasteiger partial charge in [-0.25, -0.2) is 0 Å². The first kappa shape index (κ1) is 27.2. The molecule has 0 fully saturated rings. The van der Waals surface area contributed by atoms with Gasteiger partial charge in [0.05, 0.1) is 0 Å². The van der Waals surface area contributed by atoms with Gasteiger partial charge in [0, 0.05) is 98.1 Å². The average Bonchev–Trinajstić information content (AvgIpc) is 2.42. The van der Waals surface area contributed by atoms with E-state index in [1.54, 1.807) is 0 Å². The van der Waals surface area contributed by atoms with Crippen molar-refractivity contribution in [1.29, 1.82) is 0 Å². The Labute approximate surface area is 204 Å². The van der Waals surface area contributed by atoms with Gasteiger partial charge in [0.15, 0.2) is 0 Å². The number of hydrogen-bond acceptors (Lipinski definition) is 1. The summed E-state index contributed by atoms with van der Waals surface area (Å²) in [5.41, 5.74) is 1.78. The second kappa shape index (κ2) is 14.9. The quantitative estimate of drug-likeness (QED) is 0.447. The maximum atomic E-state index is 12.3. The van der Waals surface area contributed by atoms with Crippen molar-refractivity contribution < 1.29 is 103 Å². The van der Waals surface area contributed by atoms with E-state index in [9.17, 15) is 4.79 Å². The van der Waals surface area contributed by atoms with Crippen molar-refractivity contribution in [3.8, 4) is 0 Å². The molecule has 0 aliphatic carbocycles. The zero-order chi connectivity index (χ0) is 12.1. The maximum absolute atomic E-state index is 12.3. The van der Waals surface area contributed by atoms with Crippen LogP contribution in [0.5, 0.6) is 0 Å². The van der Waals surface area contributed by atoms with Crippen LogP contribution in [0.1, 0.15) is 29.3 Å². The molecule has 4 heteroatoms. The van der Waals surface area contributed by atoms with Crippen molar-refractivity contribution in [1.82, 2.24) is 0 Å². The number of Topliss-reactive ketones (excluding diaryl/α,β-unsaturated/α-hetero) is 1. The molecule has 0 unspecified atom stereocenters. The molecular weight excluding hydrogens is 487 g/mol. The fraction of sp³-hybridized carbons (Fsp3) is 0.118. The molecule has 0 N–H and O–H groups in total. The minimum atomic E-state index is 0. The normalized spacial score (nSPS) is 8.05. The first-order chi connectivity index (χ1) is 8.33. The molecule has 0 aliphatic heterocycles. The topological polar surface area (TPSA) is 17.1 Å². The summed E-state index contributed by atoms with van der Waals surface area (Å²) in [7, 11) is 0. The molecule has 0 bridgehead atoms. The summed E-state index contributed by atoms with van der Waals surface area (Å²) in [5, 5.41) is 0. The molecule has 0 amide bonds. The van der Waals surface area contributed by atoms with E-state index in [1.165, 1.54) is 0 Å². The molecule has 0 atom stereocenters. The number of benzene rings is 2. The first-order valence-corrected chi connectivity index (χ1v) is 5.84. The predicted octanol–water partition coefficient (Wildman–Crippen LogP) is 4.34. The van der Waals surface area contributed by atoms with Crippen LogP contribution in [0.15, 0.2) is 60.7 Å². The van der Waals surface area contributed by atoms with Crippen LogP contribution in [-0.4, -0.2) is 5.78 Å². The van der Waals surface area contributed by atoms with Crippen LogP contribution in [0.3, 0.4) is 0 Å². The van der Waals surface area contributed by atoms with Crippen LogP contribution in [0, 0.1) is 13.3 Å². The van der Waals surface area contributed by atoms with Crippen molar-refractivity contribution >= 4 is 5.78 Å². The molecular formula is C17H18OY3-2. The van der Waals surface area contributed by atoms with Crippen LogP contribution in [-0.2, 0) is 98.1 Å². The SMILES string of the molecule is CC[C-](C(=O)c1ccccc1)c1ccccc1.[CH3-].[Y].[Y].[Y]. The molecule has 0 saturated heterocycles. The van der Waals surface area contributed by atoms with E-state index in [0.29, 0.717) is 0 Å². The second-order valence-corrected chi connectivity index (χ2v) is 3.89. The van der Waals surface area contributed by atoms with Gasteiger partial charge in [-0.3, -0.25) is 0 Å². The maximum Gasteiger partial charge on any atom is 0.109 e. The van der Waals surface area contributed by atoms with E-state index in [0.717, 1.165) is 23.5 Å². The summed E-state index contributed by atoms with van der Waals surface area (Å²) in [6, 6.07) is 19.3. The van der Waals surface area contributed by atoms with Crippen molar-refractivity contribution in [3.05, 3.63) is 85.1 Å². The van der Waals surface area contributed by atoms with Crippen LogP contribution >= 0.6 is 0 Å². The van der Waals surface area contributed by atoms with E-state index in [1.807, 2.05) is 67.6 Å². The Balaban J connectivity index is -0.000000810. The van der Waals surface area contributed by atoms with E-state index in [4.69, 9.17) is 0 Å². The molecule has 2 rings (SSSR count). The van der Waals surface area contributed by atoms with Gasteiger partial charge in [0.2, 0.25) is 0 Å². The standard InChI is InChI=1S/C16H15O.CH3.3Y/c1-2-15(13-9-5-3-6-10-13)16(17)14-11-7-4-8-12-14;;;;/h3-12H,2H2,1H3;1H3;;;/q2*-1;;;. The number of hydrogen-bond donors (Lipinski definition) is 0. The van der Waals surface area contributed by atoms with Gasteiger partial charge in [0.25, 0.3) is 0 Å². The van der Waals surface area contributed by atoms with Crippen molar-refractivity contribution in [3.63, 3.8) is 0 Å². The number of ketones is 1. The summed E-state index contributed by atoms with van der Waals surface area (Å²) in [6.07, 6.45) is 0.748. The van der Waals surface area contributed by atoms with Crippen LogP contribution in [0.2, 0.25) is 0 Å². The number of carbonyl (C=O) groups excluding carboxylic acids is 1. The Hall–Kier alpha value is 1.29. The van der Waals surface area contributed by atoms with Crippen LogP contribution in [0.25, 0.3) is 0 Å². The molecule has 0 heterocycles. The van der Waals surface area contributed by atoms with Crippen LogP contribution in [0.4, 0.5) is 0 Å². The Bertz CT molecular complexity index is 486. The first-order valence-electron chi connectivity index (χ1n) is 5.84. The summed E-state index contributed by atoms with van der Waals surface area (Å²) in [6.45, 7) is 2.02. The van der Waals surface area contributed by atoms with Gasteiger partial charge >= 0.3 is 0 Å². The molecule has 3 radical (unpaired) electrons. The van der Waals surface area contributed by atoms with Crippen LogP contribution < -0.4 is 0 Å². The Morgan fingerprint density at radius 1 is 0.857 bits per heavy atom. The molecule has 21 heavy (non-hydrogen) atoms. The summed E-state index contributed by atoms with van der Waals surface area (Å²) < 4.78 is 0. The van der Waals surface area contributed by atoms with E-state index in [2.05, 4.69) is 0 Å². The molecule has 2 aromatic carbocycles. The minimum Gasteiger partial charge on any atom is -0.358 e. The predicted molar refractivity (Wildman–Crippen MR) is 76.3 cm³/mol. The van der Waals surface area contributed by atoms with E-state index in [-0.39, 0.29) is 111 Å². The Morgan fingerprint density at radius 3 is 1.71 bits per heavy atom. The van der Waals surface area contributed by atoms with E-state index >= 15 is 0 Å². The van der Waals surface area contributed by atoms with Gasteiger partial charge in [-0.1, -0.05) is 61.2 Å². The molecule has 2 aromatic rings. The molecule has 0 saturated carbocycles. The van der Waals surface area contributed by atoms with Gasteiger partial charge in [-0.2, -0.15) is 0 Å². The van der Waals surface area contributed by atoms with Gasteiger partial charge in [0.1, 0.15) is 5.78 Å². The largest absolute Gasteiger partial charge is 0.358 e. The summed E-state index contributed by atoms with van der Waals surface area (Å²) in [5.74, 6) is 0.996. The smallest absolute Gasteiger partial charge is 0.109 e. The second-order valence-electron chi connectivity index (χ2n) is 3.89. The number of rotatable bonds is 4. The van der Waals surface area contributed by atoms with Crippen molar-refractivity contribution in [2.45, 2.75) is 13.3 Å². The minimum absolute atomic E-state index is 0. The molecule has 0 aliphatic rings. The van der Waals surface area contributed by atoms with Gasteiger partial charge in [-0.05, 0) is 0 Å². The monoisotopic (exact) mass is 505 g/mol. The Morgan fingerprint density at radius 2 is 1.29 bits per heavy atom. The zero-order valence-corrected chi connectivity index (χ0v) is 21.1. The van der Waals surface area contributed by atoms with Crippen molar-refractivity contribution in [2.75, 3.05) is 0 Å². The Kier molecular flexibility index (Phi) is 19.2. The third-order valence-electron chi connectivity index (χ3n) is 2.79. The van der Waals surface area contributed by atoms with Crippen molar-refractivity contribution in [2.24, 2.45) is 0 Å². The molecule has 1 nitrogen and oxygen atoms in total. The molecule has 0 spiro atoms. The summed E-state index contributed by atoms with van der Waals surface area (Å²) in [4.78, 5) is 12.3. The molecule has 0 aromatic heterocycles. The van der Waals surface area contributed by atoms with Gasteiger partial charge in [-0.15, -0.1) is 29.8 Å². The molecule has 103 valence electrons. The fourth-order valence-electron chi connectivity index (χ4n) is 1.90. The number of carbonyl (C=O) groups is 1. The fourth-order valence-corrected chi connectivity index (χ4v) is 1.90. The van der Waals surface area contributed by atoms with Gasteiger partial charge < -0.3 is 12.2 Å².